The number of nitrogens with zero attached hydrogens (tertiary/aromatic N) is 5. The summed E-state index contributed by atoms with van der Waals surface area (Å²) in [6, 6.07) is 15.7. The topological polar surface area (TPSA) is 102 Å². The number of phenols is 1. The van der Waals surface area contributed by atoms with Crippen LogP contribution in [-0.4, -0.2) is 93.3 Å². The van der Waals surface area contributed by atoms with Gasteiger partial charge in [-0.1, -0.05) is 48.0 Å². The molecule has 3 aromatic carbocycles. The molecule has 0 radical (unpaired) electrons. The monoisotopic (exact) mass is 701 g/mol. The van der Waals surface area contributed by atoms with Crippen LogP contribution in [-0.2, 0) is 24.3 Å². The standard InChI is InChI=1S/C37H37ClFN5O4S/c1-22-28-9-6-25(33(22)38)20-44(16-15-43-13-11-42(2)12-14-43)19-23-3-10-29(45)26(17-23)18-30(37(46)47)48-35-32-31(28)34(49-36(32)41-21-40-35)24-4-7-27(39)8-5-24/h3-10,17,21,30,45H,11-16,18-20H2,1-2H3,(H,46,47)/t30-/m1/s1. The van der Waals surface area contributed by atoms with Crippen molar-refractivity contribution in [1.82, 2.24) is 24.7 Å². The van der Waals surface area contributed by atoms with Crippen molar-refractivity contribution in [2.24, 2.45) is 0 Å². The summed E-state index contributed by atoms with van der Waals surface area (Å²) in [6.07, 6.45) is -0.0823. The first-order valence-corrected chi connectivity index (χ1v) is 17.5. The first kappa shape index (κ1) is 33.4. The molecule has 254 valence electrons. The second kappa shape index (κ2) is 14.0. The summed E-state index contributed by atoms with van der Waals surface area (Å²) in [4.78, 5) is 30.2. The van der Waals surface area contributed by atoms with Crippen LogP contribution in [0.1, 0.15) is 22.3 Å². The molecule has 4 bridgehead atoms. The normalized spacial score (nSPS) is 17.8. The van der Waals surface area contributed by atoms with E-state index in [0.717, 1.165) is 77.5 Å². The zero-order valence-electron chi connectivity index (χ0n) is 27.3. The molecule has 1 atom stereocenters. The number of phenolic OH excluding ortho intramolecular Hbond substituents is 1. The molecule has 0 unspecified atom stereocenters. The van der Waals surface area contributed by atoms with Gasteiger partial charge in [0.1, 0.15) is 22.7 Å². The first-order valence-electron chi connectivity index (χ1n) is 16.3. The van der Waals surface area contributed by atoms with Crippen molar-refractivity contribution in [3.63, 3.8) is 0 Å². The number of carboxylic acids is 1. The molecule has 0 spiro atoms. The van der Waals surface area contributed by atoms with Crippen molar-refractivity contribution >= 4 is 39.1 Å². The van der Waals surface area contributed by atoms with Gasteiger partial charge < -0.3 is 19.8 Å². The second-order valence-corrected chi connectivity index (χ2v) is 14.2. The number of aliphatic carboxylic acids is 1. The Morgan fingerprint density at radius 2 is 1.76 bits per heavy atom. The minimum Gasteiger partial charge on any atom is -0.508 e. The van der Waals surface area contributed by atoms with Crippen molar-refractivity contribution in [1.29, 1.82) is 0 Å². The molecule has 1 saturated heterocycles. The van der Waals surface area contributed by atoms with Gasteiger partial charge in [-0.25, -0.2) is 19.2 Å². The van der Waals surface area contributed by atoms with Crippen LogP contribution in [0.25, 0.3) is 31.8 Å². The van der Waals surface area contributed by atoms with Gasteiger partial charge in [0.25, 0.3) is 0 Å². The zero-order chi connectivity index (χ0) is 34.2. The molecule has 5 heterocycles. The lowest BCUT2D eigenvalue weighted by Crippen LogP contribution is -2.46. The minimum atomic E-state index is -1.35. The number of halogens is 2. The third-order valence-electron chi connectivity index (χ3n) is 9.50. The molecule has 0 aliphatic carbocycles. The van der Waals surface area contributed by atoms with Crippen molar-refractivity contribution in [2.75, 3.05) is 46.3 Å². The molecule has 2 N–H and O–H groups in total. The highest BCUT2D eigenvalue weighted by molar-refractivity contribution is 7.22. The predicted molar refractivity (Wildman–Crippen MR) is 190 cm³/mol. The number of carboxylic acid groups (broad SMARTS) is 1. The fourth-order valence-electron chi connectivity index (χ4n) is 6.67. The average molecular weight is 702 g/mol. The summed E-state index contributed by atoms with van der Waals surface area (Å²) in [7, 11) is 2.15. The van der Waals surface area contributed by atoms with Crippen LogP contribution in [0.5, 0.6) is 11.6 Å². The number of rotatable bonds is 5. The Balaban J connectivity index is 1.39. The van der Waals surface area contributed by atoms with Gasteiger partial charge in [-0.15, -0.1) is 11.3 Å². The number of benzene rings is 3. The van der Waals surface area contributed by atoms with Gasteiger partial charge in [0.15, 0.2) is 0 Å². The van der Waals surface area contributed by atoms with Crippen LogP contribution in [0.4, 0.5) is 4.39 Å². The Kier molecular flexibility index (Phi) is 9.54. The van der Waals surface area contributed by atoms with Crippen LogP contribution >= 0.6 is 22.9 Å². The highest BCUT2D eigenvalue weighted by Gasteiger charge is 2.29. The molecule has 2 aromatic heterocycles. The smallest absolute Gasteiger partial charge is 0.345 e. The number of hydrogen-bond acceptors (Lipinski definition) is 9. The van der Waals surface area contributed by atoms with E-state index in [2.05, 4.69) is 31.7 Å². The summed E-state index contributed by atoms with van der Waals surface area (Å²) in [5.41, 5.74) is 5.58. The minimum absolute atomic E-state index is 0.000112. The van der Waals surface area contributed by atoms with Crippen LogP contribution in [0.3, 0.4) is 0 Å². The summed E-state index contributed by atoms with van der Waals surface area (Å²) >= 11 is 8.62. The van der Waals surface area contributed by atoms with Crippen LogP contribution < -0.4 is 4.74 Å². The average Bonchev–Trinajstić information content (AvgIpc) is 3.47. The molecule has 9 nitrogen and oxygen atoms in total. The molecule has 0 amide bonds. The Morgan fingerprint density at radius 3 is 2.51 bits per heavy atom. The Morgan fingerprint density at radius 1 is 1.00 bits per heavy atom. The van der Waals surface area contributed by atoms with E-state index in [4.69, 9.17) is 16.3 Å². The maximum absolute atomic E-state index is 14.0. The first-order chi connectivity index (χ1) is 23.6. The van der Waals surface area contributed by atoms with Crippen molar-refractivity contribution in [3.8, 4) is 33.2 Å². The Hall–Kier alpha value is -4.13. The van der Waals surface area contributed by atoms with Gasteiger partial charge >= 0.3 is 5.97 Å². The van der Waals surface area contributed by atoms with E-state index >= 15 is 0 Å². The molecule has 3 aliphatic rings. The summed E-state index contributed by atoms with van der Waals surface area (Å²) in [5.74, 6) is -1.44. The lowest BCUT2D eigenvalue weighted by molar-refractivity contribution is -0.145. The molecule has 0 saturated carbocycles. The van der Waals surface area contributed by atoms with Gasteiger partial charge in [0.2, 0.25) is 12.0 Å². The van der Waals surface area contributed by atoms with E-state index in [1.165, 1.54) is 29.8 Å². The number of aromatic nitrogens is 2. The summed E-state index contributed by atoms with van der Waals surface area (Å²) < 4.78 is 20.3. The van der Waals surface area contributed by atoms with Crippen LogP contribution in [0, 0.1) is 12.7 Å². The van der Waals surface area contributed by atoms with E-state index in [0.29, 0.717) is 33.9 Å². The number of likely N-dealkylation sites (N-methyl/N-ethyl adjacent to an activating group) is 1. The quantitative estimate of drug-likeness (QED) is 0.214. The number of carbonyl (C=O) groups is 1. The van der Waals surface area contributed by atoms with E-state index in [1.807, 2.05) is 31.2 Å². The van der Waals surface area contributed by atoms with Crippen LogP contribution in [0.15, 0.2) is 60.9 Å². The summed E-state index contributed by atoms with van der Waals surface area (Å²) in [6.45, 7) is 8.92. The Bertz CT molecular complexity index is 2010. The third kappa shape index (κ3) is 6.99. The molecular formula is C37H37ClFN5O4S. The zero-order valence-corrected chi connectivity index (χ0v) is 28.9. The van der Waals surface area contributed by atoms with Gasteiger partial charge in [-0.2, -0.15) is 0 Å². The number of aromatic hydroxyl groups is 1. The molecule has 49 heavy (non-hydrogen) atoms. The lowest BCUT2D eigenvalue weighted by atomic mass is 9.94. The molecule has 3 aliphatic heterocycles. The Labute approximate surface area is 293 Å². The number of ether oxygens (including phenoxy) is 1. The molecular weight excluding hydrogens is 665 g/mol. The fourth-order valence-corrected chi connectivity index (χ4v) is 8.05. The van der Waals surface area contributed by atoms with E-state index < -0.39 is 12.1 Å². The number of fused-ring (bicyclic) bond motifs is 6. The molecule has 8 rings (SSSR count). The lowest BCUT2D eigenvalue weighted by Gasteiger charge is -2.34. The maximum atomic E-state index is 14.0. The second-order valence-electron chi connectivity index (χ2n) is 12.9. The van der Waals surface area contributed by atoms with Crippen molar-refractivity contribution in [3.05, 3.63) is 94.0 Å². The predicted octanol–water partition coefficient (Wildman–Crippen LogP) is 6.47. The van der Waals surface area contributed by atoms with E-state index in [1.54, 1.807) is 18.2 Å². The maximum Gasteiger partial charge on any atom is 0.345 e. The molecule has 1 fully saturated rings. The van der Waals surface area contributed by atoms with Gasteiger partial charge in [0.05, 0.1) is 5.39 Å². The van der Waals surface area contributed by atoms with E-state index in [9.17, 15) is 19.4 Å². The van der Waals surface area contributed by atoms with Crippen molar-refractivity contribution < 1.29 is 24.1 Å². The van der Waals surface area contributed by atoms with Crippen LogP contribution in [0.2, 0.25) is 5.02 Å². The molecule has 12 heteroatoms. The summed E-state index contributed by atoms with van der Waals surface area (Å²) in [5, 5.41) is 22.4. The van der Waals surface area contributed by atoms with Gasteiger partial charge in [-0.05, 0) is 65.6 Å². The molecule has 5 aromatic rings. The highest BCUT2D eigenvalue weighted by Crippen LogP contribution is 2.49. The highest BCUT2D eigenvalue weighted by atomic mass is 35.5. The third-order valence-corrected chi connectivity index (χ3v) is 11.2. The van der Waals surface area contributed by atoms with Crippen molar-refractivity contribution in [2.45, 2.75) is 32.5 Å². The number of thiophene rings is 1. The number of hydrogen-bond donors (Lipinski definition) is 2. The number of piperazine rings is 1. The van der Waals surface area contributed by atoms with Gasteiger partial charge in [-0.3, -0.25) is 9.80 Å². The SMILES string of the molecule is Cc1c2ccc(c1Cl)CN(CCN1CCN(C)CC1)Cc1ccc(O)c(c1)C[C@H](C(=O)O)Oc1ncnc3sc(-c4ccc(F)cc4)c-2c13. The van der Waals surface area contributed by atoms with E-state index in [-0.39, 0.29) is 23.9 Å². The fraction of sp³-hybridized carbons (Fsp3) is 0.324. The van der Waals surface area contributed by atoms with Gasteiger partial charge in [0, 0.05) is 74.2 Å². The largest absolute Gasteiger partial charge is 0.508 e.